The highest BCUT2D eigenvalue weighted by Gasteiger charge is 2.16. The van der Waals surface area contributed by atoms with Gasteiger partial charge in [-0.15, -0.1) is 0 Å². The molecule has 1 aliphatic rings. The van der Waals surface area contributed by atoms with Gasteiger partial charge in [-0.05, 0) is 12.1 Å². The van der Waals surface area contributed by atoms with Crippen molar-refractivity contribution in [2.75, 3.05) is 27.2 Å². The van der Waals surface area contributed by atoms with Crippen molar-refractivity contribution in [2.45, 2.75) is 6.54 Å². The van der Waals surface area contributed by atoms with E-state index in [2.05, 4.69) is 26.2 Å². The minimum atomic E-state index is -0.910. The summed E-state index contributed by atoms with van der Waals surface area (Å²) in [7, 11) is 3.38. The van der Waals surface area contributed by atoms with E-state index in [1.807, 2.05) is 22.8 Å². The average molecular weight is 395 g/mol. The number of aromatic nitrogens is 1. The van der Waals surface area contributed by atoms with E-state index in [9.17, 15) is 14.7 Å². The molecule has 24 heavy (non-hydrogen) atoms. The molecule has 0 atom stereocenters. The number of aromatic carboxylic acids is 1. The van der Waals surface area contributed by atoms with Crippen LogP contribution in [-0.2, 0) is 11.3 Å². The number of hydrogen-bond donors (Lipinski definition) is 2. The molecule has 0 radical (unpaired) electrons. The Bertz CT molecular complexity index is 783. The van der Waals surface area contributed by atoms with Crippen LogP contribution in [0.5, 0.6) is 0 Å². The van der Waals surface area contributed by atoms with Crippen molar-refractivity contribution >= 4 is 45.0 Å². The molecule has 1 aromatic heterocycles. The van der Waals surface area contributed by atoms with Crippen LogP contribution in [0.4, 0.5) is 0 Å². The summed E-state index contributed by atoms with van der Waals surface area (Å²) in [6, 6.07) is 5.60. The van der Waals surface area contributed by atoms with Crippen molar-refractivity contribution < 1.29 is 14.7 Å². The molecular formula is C16H19BrN4O3. The Morgan fingerprint density at radius 3 is 2.75 bits per heavy atom. The molecule has 0 fully saturated rings. The minimum Gasteiger partial charge on any atom is -0.478 e. The Hall–Kier alpha value is -2.35. The molecule has 0 aliphatic carbocycles. The number of nitrogens with zero attached hydrogens (tertiary/aromatic N) is 3. The molecular weight excluding hydrogens is 376 g/mol. The largest absolute Gasteiger partial charge is 0.478 e. The van der Waals surface area contributed by atoms with Gasteiger partial charge < -0.3 is 19.9 Å². The van der Waals surface area contributed by atoms with Gasteiger partial charge >= 0.3 is 5.97 Å². The molecule has 0 spiro atoms. The summed E-state index contributed by atoms with van der Waals surface area (Å²) < 4.78 is 2.85. The van der Waals surface area contributed by atoms with E-state index in [4.69, 9.17) is 0 Å². The molecule has 7 nitrogen and oxygen atoms in total. The van der Waals surface area contributed by atoms with E-state index >= 15 is 0 Å². The minimum absolute atomic E-state index is 0.320. The number of hydrogen-bond acceptors (Lipinski definition) is 4. The van der Waals surface area contributed by atoms with E-state index < -0.39 is 5.97 Å². The molecule has 0 bridgehead atoms. The topological polar surface area (TPSA) is 86.9 Å². The lowest BCUT2D eigenvalue weighted by molar-refractivity contribution is -0.115. The van der Waals surface area contributed by atoms with Gasteiger partial charge in [-0.1, -0.05) is 22.0 Å². The molecule has 0 saturated heterocycles. The Kier molecular flexibility index (Phi) is 5.97. The average Bonchev–Trinajstić information content (AvgIpc) is 3.16. The first-order valence-electron chi connectivity index (χ1n) is 7.33. The number of carboxylic acids is 1. The molecule has 2 heterocycles. The SMILES string of the molecule is CN(C)C=O.O=C(O)c1cn(CC2=NCCN2)c2cc(Br)ccc12. The first kappa shape index (κ1) is 18.0. The summed E-state index contributed by atoms with van der Waals surface area (Å²) in [5, 5.41) is 13.2. The molecule has 8 heteroatoms. The second kappa shape index (κ2) is 7.96. The van der Waals surface area contributed by atoms with Crippen molar-refractivity contribution in [1.82, 2.24) is 14.8 Å². The molecule has 2 aromatic rings. The molecule has 0 unspecified atom stereocenters. The van der Waals surface area contributed by atoms with Gasteiger partial charge in [0.25, 0.3) is 0 Å². The third-order valence-corrected chi connectivity index (χ3v) is 3.84. The van der Waals surface area contributed by atoms with E-state index in [1.54, 1.807) is 20.3 Å². The van der Waals surface area contributed by atoms with Crippen molar-refractivity contribution in [1.29, 1.82) is 0 Å². The Morgan fingerprint density at radius 1 is 1.50 bits per heavy atom. The first-order valence-corrected chi connectivity index (χ1v) is 8.12. The number of carbonyl (C=O) groups excluding carboxylic acids is 1. The van der Waals surface area contributed by atoms with Crippen LogP contribution in [0.25, 0.3) is 10.9 Å². The molecule has 1 aliphatic heterocycles. The highest BCUT2D eigenvalue weighted by molar-refractivity contribution is 9.10. The van der Waals surface area contributed by atoms with Gasteiger partial charge in [0.2, 0.25) is 6.41 Å². The van der Waals surface area contributed by atoms with Crippen LogP contribution >= 0.6 is 15.9 Å². The Balaban J connectivity index is 0.000000368. The van der Waals surface area contributed by atoms with Gasteiger partial charge in [0, 0.05) is 36.7 Å². The molecule has 1 aromatic carbocycles. The van der Waals surface area contributed by atoms with E-state index in [1.165, 1.54) is 4.90 Å². The second-order valence-electron chi connectivity index (χ2n) is 5.46. The predicted octanol–water partition coefficient (Wildman–Crippen LogP) is 1.81. The normalized spacial score (nSPS) is 12.9. The number of fused-ring (bicyclic) bond motifs is 1. The number of amidine groups is 1. The van der Waals surface area contributed by atoms with Crippen molar-refractivity contribution in [3.63, 3.8) is 0 Å². The third kappa shape index (κ3) is 4.35. The van der Waals surface area contributed by atoms with E-state index in [-0.39, 0.29) is 0 Å². The van der Waals surface area contributed by atoms with Crippen LogP contribution in [-0.4, -0.2) is 60.0 Å². The zero-order valence-electron chi connectivity index (χ0n) is 13.5. The van der Waals surface area contributed by atoms with Gasteiger partial charge in [-0.25, -0.2) is 4.79 Å². The van der Waals surface area contributed by atoms with Crippen LogP contribution < -0.4 is 5.32 Å². The lowest BCUT2D eigenvalue weighted by Gasteiger charge is -2.06. The molecule has 1 amide bonds. The Morgan fingerprint density at radius 2 is 2.21 bits per heavy atom. The van der Waals surface area contributed by atoms with Crippen LogP contribution in [0.1, 0.15) is 10.4 Å². The number of carbonyl (C=O) groups is 2. The maximum Gasteiger partial charge on any atom is 0.337 e. The summed E-state index contributed by atoms with van der Waals surface area (Å²) >= 11 is 3.42. The summed E-state index contributed by atoms with van der Waals surface area (Å²) in [5.74, 6) is -0.0128. The number of benzene rings is 1. The van der Waals surface area contributed by atoms with Gasteiger partial charge in [0.1, 0.15) is 5.84 Å². The molecule has 2 N–H and O–H groups in total. The predicted molar refractivity (Wildman–Crippen MR) is 96.7 cm³/mol. The molecule has 0 saturated carbocycles. The molecule has 128 valence electrons. The van der Waals surface area contributed by atoms with Crippen LogP contribution in [0.2, 0.25) is 0 Å². The lowest BCUT2D eigenvalue weighted by atomic mass is 10.2. The van der Waals surface area contributed by atoms with Crippen LogP contribution in [0.3, 0.4) is 0 Å². The van der Waals surface area contributed by atoms with Crippen molar-refractivity contribution in [2.24, 2.45) is 4.99 Å². The number of rotatable bonds is 4. The fourth-order valence-electron chi connectivity index (χ4n) is 2.28. The summed E-state index contributed by atoms with van der Waals surface area (Å²) in [6.07, 6.45) is 2.42. The quantitative estimate of drug-likeness (QED) is 0.774. The van der Waals surface area contributed by atoms with Crippen LogP contribution in [0, 0.1) is 0 Å². The van der Waals surface area contributed by atoms with Crippen LogP contribution in [0.15, 0.2) is 33.9 Å². The van der Waals surface area contributed by atoms with E-state index in [0.29, 0.717) is 12.1 Å². The van der Waals surface area contributed by atoms with Gasteiger partial charge in [0.15, 0.2) is 0 Å². The number of halogens is 1. The number of amides is 1. The van der Waals surface area contributed by atoms with Crippen molar-refractivity contribution in [3.8, 4) is 0 Å². The zero-order valence-corrected chi connectivity index (χ0v) is 15.1. The first-order chi connectivity index (χ1) is 11.4. The maximum absolute atomic E-state index is 11.3. The lowest BCUT2D eigenvalue weighted by Crippen LogP contribution is -2.23. The smallest absolute Gasteiger partial charge is 0.337 e. The number of nitrogens with one attached hydrogen (secondary N) is 1. The van der Waals surface area contributed by atoms with Gasteiger partial charge in [0.05, 0.1) is 24.2 Å². The highest BCUT2D eigenvalue weighted by atomic mass is 79.9. The number of aliphatic imine (C=N–C) groups is 1. The summed E-state index contributed by atoms with van der Waals surface area (Å²) in [4.78, 5) is 26.5. The van der Waals surface area contributed by atoms with Gasteiger partial charge in [-0.2, -0.15) is 0 Å². The Labute approximate surface area is 148 Å². The molecule has 3 rings (SSSR count). The van der Waals surface area contributed by atoms with Crippen molar-refractivity contribution in [3.05, 3.63) is 34.4 Å². The maximum atomic E-state index is 11.3. The standard InChI is InChI=1S/C13H12BrN3O2.C3H7NO/c14-8-1-2-9-10(13(18)19)6-17(11(9)5-8)7-12-15-3-4-16-12;1-4(2)3-5/h1-2,5-6H,3-4,7H2,(H,15,16)(H,18,19);3H,1-2H3. The summed E-state index contributed by atoms with van der Waals surface area (Å²) in [6.45, 7) is 2.20. The second-order valence-corrected chi connectivity index (χ2v) is 6.38. The summed E-state index contributed by atoms with van der Waals surface area (Å²) in [5.41, 5.74) is 1.21. The van der Waals surface area contributed by atoms with Gasteiger partial charge in [-0.3, -0.25) is 9.79 Å². The van der Waals surface area contributed by atoms with E-state index in [0.717, 1.165) is 40.7 Å². The highest BCUT2D eigenvalue weighted by Crippen LogP contribution is 2.25. The number of carboxylic acid groups (broad SMARTS) is 1. The monoisotopic (exact) mass is 394 g/mol. The fraction of sp³-hybridized carbons (Fsp3) is 0.312. The fourth-order valence-corrected chi connectivity index (χ4v) is 2.63. The zero-order chi connectivity index (χ0) is 17.7. The third-order valence-electron chi connectivity index (χ3n) is 3.35.